The second-order valence-corrected chi connectivity index (χ2v) is 5.42. The van der Waals surface area contributed by atoms with Crippen LogP contribution in [0.1, 0.15) is 13.8 Å². The lowest BCUT2D eigenvalue weighted by atomic mass is 10.3. The fourth-order valence-corrected chi connectivity index (χ4v) is 2.95. The Kier molecular flexibility index (Phi) is 2.31. The average Bonchev–Trinajstić information content (AvgIpc) is 2.54. The van der Waals surface area contributed by atoms with E-state index in [-0.39, 0.29) is 5.92 Å². The molecule has 1 aromatic carbocycles. The molecule has 0 fully saturated rings. The van der Waals surface area contributed by atoms with E-state index in [1.807, 2.05) is 0 Å². The van der Waals surface area contributed by atoms with E-state index in [9.17, 15) is 9.36 Å². The number of fused-ring (bicyclic) bond motifs is 1. The molecule has 0 atom stereocenters. The summed E-state index contributed by atoms with van der Waals surface area (Å²) in [6.45, 7) is 3.33. The Morgan fingerprint density at radius 1 is 1.20 bits per heavy atom. The highest BCUT2D eigenvalue weighted by atomic mass is 31.2. The maximum atomic E-state index is 12.0. The molecule has 0 saturated heterocycles. The predicted molar refractivity (Wildman–Crippen MR) is 55.1 cm³/mol. The summed E-state index contributed by atoms with van der Waals surface area (Å²) >= 11 is 0. The molecule has 5 heteroatoms. The van der Waals surface area contributed by atoms with Gasteiger partial charge in [-0.25, -0.2) is 4.57 Å². The second-order valence-electron chi connectivity index (χ2n) is 3.62. The summed E-state index contributed by atoms with van der Waals surface area (Å²) in [7, 11) is -3.64. The third-order valence-corrected chi connectivity index (χ3v) is 3.98. The molecule has 0 amide bonds. The summed E-state index contributed by atoms with van der Waals surface area (Å²) in [5.74, 6) is 0.370. The van der Waals surface area contributed by atoms with E-state index in [4.69, 9.17) is 9.05 Å². The third kappa shape index (κ3) is 1.65. The van der Waals surface area contributed by atoms with Gasteiger partial charge in [-0.05, 0) is 12.1 Å². The van der Waals surface area contributed by atoms with Gasteiger partial charge in [0.1, 0.15) is 0 Å². The number of para-hydroxylation sites is 2. The Morgan fingerprint density at radius 3 is 2.07 bits per heavy atom. The Bertz CT molecular complexity index is 423. The van der Waals surface area contributed by atoms with E-state index < -0.39 is 13.1 Å². The molecule has 1 heterocycles. The summed E-state index contributed by atoms with van der Waals surface area (Å²) in [5, 5.41) is 0. The monoisotopic (exact) mass is 226 g/mol. The number of benzene rings is 1. The summed E-state index contributed by atoms with van der Waals surface area (Å²) < 4.78 is 22.2. The fraction of sp³-hybridized carbons (Fsp3) is 0.300. The Balaban J connectivity index is 2.33. The molecule has 1 aliphatic heterocycles. The van der Waals surface area contributed by atoms with Gasteiger partial charge in [0.05, 0.1) is 0 Å². The van der Waals surface area contributed by atoms with Gasteiger partial charge in [0, 0.05) is 5.92 Å². The SMILES string of the molecule is CC(C)C(=O)P1(=O)Oc2ccccc2O1. The highest BCUT2D eigenvalue weighted by Gasteiger charge is 2.45. The standard InChI is InChI=1S/C10H11O4P/c1-7(2)10(11)15(12)13-8-5-3-4-6-9(8)14-15/h3-7H,1-2H3. The number of hydrogen-bond acceptors (Lipinski definition) is 4. The molecule has 0 aromatic heterocycles. The van der Waals surface area contributed by atoms with Gasteiger partial charge in [-0.1, -0.05) is 26.0 Å². The quantitative estimate of drug-likeness (QED) is 0.727. The van der Waals surface area contributed by atoms with Gasteiger partial charge in [0.2, 0.25) is 0 Å². The predicted octanol–water partition coefficient (Wildman–Crippen LogP) is 2.83. The van der Waals surface area contributed by atoms with E-state index in [2.05, 4.69) is 0 Å². The molecular formula is C10H11O4P. The number of carbonyl (C=O) groups excluding carboxylic acids is 1. The molecule has 0 radical (unpaired) electrons. The van der Waals surface area contributed by atoms with E-state index in [0.29, 0.717) is 11.5 Å². The van der Waals surface area contributed by atoms with Gasteiger partial charge in [-0.3, -0.25) is 4.79 Å². The van der Waals surface area contributed by atoms with Crippen molar-refractivity contribution in [3.8, 4) is 11.5 Å². The van der Waals surface area contributed by atoms with Crippen molar-refractivity contribution in [2.24, 2.45) is 5.92 Å². The van der Waals surface area contributed by atoms with Crippen LogP contribution in [-0.2, 0) is 9.36 Å². The summed E-state index contributed by atoms with van der Waals surface area (Å²) in [5.41, 5.74) is -0.487. The van der Waals surface area contributed by atoms with Gasteiger partial charge >= 0.3 is 7.60 Å². The summed E-state index contributed by atoms with van der Waals surface area (Å²) in [6, 6.07) is 6.72. The van der Waals surface area contributed by atoms with Crippen molar-refractivity contribution < 1.29 is 18.4 Å². The van der Waals surface area contributed by atoms with Crippen LogP contribution in [0.4, 0.5) is 0 Å². The van der Waals surface area contributed by atoms with Crippen LogP contribution in [0.15, 0.2) is 24.3 Å². The lowest BCUT2D eigenvalue weighted by Gasteiger charge is -2.10. The Morgan fingerprint density at radius 2 is 1.67 bits per heavy atom. The topological polar surface area (TPSA) is 52.6 Å². The Hall–Kier alpha value is -1.28. The molecule has 80 valence electrons. The third-order valence-electron chi connectivity index (χ3n) is 2.05. The minimum Gasteiger partial charge on any atom is -0.407 e. The average molecular weight is 226 g/mol. The molecule has 0 saturated carbocycles. The molecule has 2 rings (SSSR count). The van der Waals surface area contributed by atoms with Crippen molar-refractivity contribution in [3.63, 3.8) is 0 Å². The van der Waals surface area contributed by atoms with Crippen molar-refractivity contribution in [1.29, 1.82) is 0 Å². The van der Waals surface area contributed by atoms with Gasteiger partial charge in [0.15, 0.2) is 11.5 Å². The second kappa shape index (κ2) is 3.38. The number of rotatable bonds is 2. The van der Waals surface area contributed by atoms with E-state index in [1.54, 1.807) is 38.1 Å². The van der Waals surface area contributed by atoms with Gasteiger partial charge in [-0.2, -0.15) is 0 Å². The smallest absolute Gasteiger partial charge is 0.407 e. The largest absolute Gasteiger partial charge is 0.498 e. The number of hydrogen-bond donors (Lipinski definition) is 0. The van der Waals surface area contributed by atoms with E-state index >= 15 is 0 Å². The van der Waals surface area contributed by atoms with Crippen LogP contribution >= 0.6 is 7.60 Å². The van der Waals surface area contributed by atoms with E-state index in [0.717, 1.165) is 0 Å². The van der Waals surface area contributed by atoms with Crippen LogP contribution in [0.25, 0.3) is 0 Å². The summed E-state index contributed by atoms with van der Waals surface area (Å²) in [6.07, 6.45) is 0. The lowest BCUT2D eigenvalue weighted by molar-refractivity contribution is -0.115. The first-order valence-electron chi connectivity index (χ1n) is 4.65. The zero-order valence-electron chi connectivity index (χ0n) is 8.47. The fourth-order valence-electron chi connectivity index (χ4n) is 1.28. The van der Waals surface area contributed by atoms with Gasteiger partial charge in [-0.15, -0.1) is 0 Å². The molecule has 15 heavy (non-hydrogen) atoms. The molecule has 1 aliphatic rings. The molecule has 1 aromatic rings. The normalized spacial score (nSPS) is 16.7. The minimum absolute atomic E-state index is 0.370. The van der Waals surface area contributed by atoms with Crippen molar-refractivity contribution >= 4 is 13.1 Å². The Labute approximate surface area is 87.7 Å². The first-order chi connectivity index (χ1) is 7.03. The highest BCUT2D eigenvalue weighted by molar-refractivity contribution is 7.72. The molecule has 0 N–H and O–H groups in total. The van der Waals surface area contributed by atoms with Crippen molar-refractivity contribution in [1.82, 2.24) is 0 Å². The minimum atomic E-state index is -3.64. The van der Waals surface area contributed by atoms with Crippen LogP contribution in [0.5, 0.6) is 11.5 Å². The highest BCUT2D eigenvalue weighted by Crippen LogP contribution is 2.59. The zero-order valence-corrected chi connectivity index (χ0v) is 9.36. The van der Waals surface area contributed by atoms with Crippen LogP contribution in [-0.4, -0.2) is 5.52 Å². The molecule has 0 bridgehead atoms. The van der Waals surface area contributed by atoms with E-state index in [1.165, 1.54) is 0 Å². The van der Waals surface area contributed by atoms with Gasteiger partial charge < -0.3 is 9.05 Å². The van der Waals surface area contributed by atoms with Gasteiger partial charge in [0.25, 0.3) is 5.52 Å². The van der Waals surface area contributed by atoms with Crippen molar-refractivity contribution in [2.75, 3.05) is 0 Å². The molecule has 0 aliphatic carbocycles. The van der Waals surface area contributed by atoms with Crippen LogP contribution in [0.3, 0.4) is 0 Å². The van der Waals surface area contributed by atoms with Crippen LogP contribution in [0.2, 0.25) is 0 Å². The van der Waals surface area contributed by atoms with Crippen molar-refractivity contribution in [3.05, 3.63) is 24.3 Å². The maximum absolute atomic E-state index is 12.0. The van der Waals surface area contributed by atoms with Crippen LogP contribution in [0, 0.1) is 5.92 Å². The zero-order chi connectivity index (χ0) is 11.1. The molecular weight excluding hydrogens is 215 g/mol. The summed E-state index contributed by atoms with van der Waals surface area (Å²) in [4.78, 5) is 11.6. The lowest BCUT2D eigenvalue weighted by Crippen LogP contribution is -2.12. The molecule has 0 unspecified atom stereocenters. The van der Waals surface area contributed by atoms with Crippen molar-refractivity contribution in [2.45, 2.75) is 13.8 Å². The first-order valence-corrected chi connectivity index (χ1v) is 6.20. The maximum Gasteiger partial charge on any atom is 0.498 e. The molecule has 4 nitrogen and oxygen atoms in total. The van der Waals surface area contributed by atoms with Crippen LogP contribution < -0.4 is 9.05 Å². The first kappa shape index (κ1) is 10.2. The number of carbonyl (C=O) groups is 1. The molecule has 0 spiro atoms.